The van der Waals surface area contributed by atoms with E-state index in [1.165, 1.54) is 0 Å². The number of hydrogen-bond acceptors (Lipinski definition) is 3. The SMILES string of the molecule is CCc1nc(C(=O)N2CCCC2)n[nH]1. The van der Waals surface area contributed by atoms with Crippen molar-refractivity contribution in [1.82, 2.24) is 20.1 Å². The Kier molecular flexibility index (Phi) is 2.47. The van der Waals surface area contributed by atoms with Gasteiger partial charge in [-0.25, -0.2) is 4.98 Å². The van der Waals surface area contributed by atoms with E-state index in [0.29, 0.717) is 5.82 Å². The topological polar surface area (TPSA) is 61.9 Å². The first kappa shape index (κ1) is 9.18. The maximum Gasteiger partial charge on any atom is 0.293 e. The molecule has 1 aromatic heterocycles. The smallest absolute Gasteiger partial charge is 0.293 e. The first-order valence-corrected chi connectivity index (χ1v) is 5.02. The van der Waals surface area contributed by atoms with Crippen LogP contribution < -0.4 is 0 Å². The van der Waals surface area contributed by atoms with E-state index in [0.717, 1.165) is 38.2 Å². The number of carbonyl (C=O) groups is 1. The van der Waals surface area contributed by atoms with Crippen molar-refractivity contribution in [3.63, 3.8) is 0 Å². The molecule has 5 nitrogen and oxygen atoms in total. The van der Waals surface area contributed by atoms with Crippen molar-refractivity contribution in [1.29, 1.82) is 0 Å². The highest BCUT2D eigenvalue weighted by Crippen LogP contribution is 2.10. The third kappa shape index (κ3) is 1.62. The van der Waals surface area contributed by atoms with Gasteiger partial charge in [-0.05, 0) is 12.8 Å². The molecule has 1 saturated heterocycles. The van der Waals surface area contributed by atoms with Crippen molar-refractivity contribution in [3.05, 3.63) is 11.6 Å². The van der Waals surface area contributed by atoms with E-state index in [-0.39, 0.29) is 5.91 Å². The monoisotopic (exact) mass is 194 g/mol. The van der Waals surface area contributed by atoms with Gasteiger partial charge in [0.1, 0.15) is 5.82 Å². The molecule has 0 aliphatic carbocycles. The normalized spacial score (nSPS) is 16.2. The Labute approximate surface area is 82.5 Å². The van der Waals surface area contributed by atoms with Gasteiger partial charge in [0.15, 0.2) is 0 Å². The fourth-order valence-corrected chi connectivity index (χ4v) is 1.61. The summed E-state index contributed by atoms with van der Waals surface area (Å²) in [6.45, 7) is 3.66. The molecule has 1 aromatic rings. The zero-order valence-electron chi connectivity index (χ0n) is 8.29. The molecule has 0 spiro atoms. The summed E-state index contributed by atoms with van der Waals surface area (Å²) in [6, 6.07) is 0. The summed E-state index contributed by atoms with van der Waals surface area (Å²) in [6.07, 6.45) is 2.97. The second kappa shape index (κ2) is 3.77. The van der Waals surface area contributed by atoms with E-state index in [1.54, 1.807) is 0 Å². The van der Waals surface area contributed by atoms with E-state index in [4.69, 9.17) is 0 Å². The standard InChI is InChI=1S/C9H14N4O/c1-2-7-10-8(12-11-7)9(14)13-5-3-4-6-13/h2-6H2,1H3,(H,10,11,12). The Balaban J connectivity index is 2.09. The molecule has 14 heavy (non-hydrogen) atoms. The number of H-pyrrole nitrogens is 1. The average Bonchev–Trinajstić information content (AvgIpc) is 2.88. The quantitative estimate of drug-likeness (QED) is 0.750. The number of nitrogens with one attached hydrogen (secondary N) is 1. The second-order valence-corrected chi connectivity index (χ2v) is 3.46. The molecule has 2 heterocycles. The van der Waals surface area contributed by atoms with Crippen LogP contribution >= 0.6 is 0 Å². The molecule has 0 atom stereocenters. The lowest BCUT2D eigenvalue weighted by Crippen LogP contribution is -2.28. The molecular weight excluding hydrogens is 180 g/mol. The molecular formula is C9H14N4O. The highest BCUT2D eigenvalue weighted by atomic mass is 16.2. The van der Waals surface area contributed by atoms with Gasteiger partial charge in [0.2, 0.25) is 5.82 Å². The van der Waals surface area contributed by atoms with Crippen LogP contribution in [-0.2, 0) is 6.42 Å². The molecule has 2 rings (SSSR count). The number of nitrogens with zero attached hydrogens (tertiary/aromatic N) is 3. The predicted octanol–water partition coefficient (Wildman–Crippen LogP) is 0.603. The Hall–Kier alpha value is -1.39. The van der Waals surface area contributed by atoms with E-state index in [2.05, 4.69) is 15.2 Å². The number of aryl methyl sites for hydroxylation is 1. The van der Waals surface area contributed by atoms with Crippen LogP contribution in [0.5, 0.6) is 0 Å². The minimum absolute atomic E-state index is 0.0431. The number of hydrogen-bond donors (Lipinski definition) is 1. The summed E-state index contributed by atoms with van der Waals surface area (Å²) in [5.41, 5.74) is 0. The first-order chi connectivity index (χ1) is 6.81. The molecule has 5 heteroatoms. The summed E-state index contributed by atoms with van der Waals surface area (Å²) in [4.78, 5) is 17.7. The lowest BCUT2D eigenvalue weighted by Gasteiger charge is -2.11. The molecule has 1 aliphatic rings. The van der Waals surface area contributed by atoms with Crippen molar-refractivity contribution >= 4 is 5.91 Å². The highest BCUT2D eigenvalue weighted by molar-refractivity contribution is 5.90. The molecule has 1 aliphatic heterocycles. The lowest BCUT2D eigenvalue weighted by atomic mass is 10.4. The zero-order chi connectivity index (χ0) is 9.97. The molecule has 0 saturated carbocycles. The van der Waals surface area contributed by atoms with Crippen LogP contribution in [0.2, 0.25) is 0 Å². The van der Waals surface area contributed by atoms with Gasteiger partial charge >= 0.3 is 0 Å². The second-order valence-electron chi connectivity index (χ2n) is 3.46. The van der Waals surface area contributed by atoms with Gasteiger partial charge in [-0.3, -0.25) is 9.89 Å². The summed E-state index contributed by atoms with van der Waals surface area (Å²) in [5.74, 6) is 1.04. The number of amides is 1. The first-order valence-electron chi connectivity index (χ1n) is 5.02. The van der Waals surface area contributed by atoms with Crippen LogP contribution in [0.15, 0.2) is 0 Å². The minimum Gasteiger partial charge on any atom is -0.336 e. The maximum atomic E-state index is 11.8. The molecule has 1 N–H and O–H groups in total. The van der Waals surface area contributed by atoms with Crippen LogP contribution in [0, 0.1) is 0 Å². The third-order valence-corrected chi connectivity index (χ3v) is 2.45. The number of rotatable bonds is 2. The Bertz CT molecular complexity index is 327. The average molecular weight is 194 g/mol. The Morgan fingerprint density at radius 3 is 2.79 bits per heavy atom. The van der Waals surface area contributed by atoms with Crippen molar-refractivity contribution in [3.8, 4) is 0 Å². The van der Waals surface area contributed by atoms with Gasteiger partial charge in [0.05, 0.1) is 0 Å². The van der Waals surface area contributed by atoms with Gasteiger partial charge < -0.3 is 4.90 Å². The fourth-order valence-electron chi connectivity index (χ4n) is 1.61. The Morgan fingerprint density at radius 1 is 1.50 bits per heavy atom. The highest BCUT2D eigenvalue weighted by Gasteiger charge is 2.22. The summed E-state index contributed by atoms with van der Waals surface area (Å²) in [7, 11) is 0. The van der Waals surface area contributed by atoms with E-state index >= 15 is 0 Å². The molecule has 1 amide bonds. The van der Waals surface area contributed by atoms with Crippen LogP contribution in [0.25, 0.3) is 0 Å². The fraction of sp³-hybridized carbons (Fsp3) is 0.667. The van der Waals surface area contributed by atoms with Gasteiger partial charge in [-0.1, -0.05) is 6.92 Å². The molecule has 0 bridgehead atoms. The van der Waals surface area contributed by atoms with Gasteiger partial charge in [-0.15, -0.1) is 5.10 Å². The van der Waals surface area contributed by atoms with Gasteiger partial charge in [-0.2, -0.15) is 0 Å². The maximum absolute atomic E-state index is 11.8. The third-order valence-electron chi connectivity index (χ3n) is 2.45. The summed E-state index contributed by atoms with van der Waals surface area (Å²) >= 11 is 0. The molecule has 0 aromatic carbocycles. The molecule has 0 radical (unpaired) electrons. The van der Waals surface area contributed by atoms with Crippen LogP contribution in [0.1, 0.15) is 36.2 Å². The van der Waals surface area contributed by atoms with Crippen LogP contribution in [0.4, 0.5) is 0 Å². The summed E-state index contributed by atoms with van der Waals surface area (Å²) < 4.78 is 0. The van der Waals surface area contributed by atoms with E-state index in [1.807, 2.05) is 11.8 Å². The lowest BCUT2D eigenvalue weighted by molar-refractivity contribution is 0.0781. The van der Waals surface area contributed by atoms with Gasteiger partial charge in [0, 0.05) is 19.5 Å². The molecule has 1 fully saturated rings. The van der Waals surface area contributed by atoms with Crippen molar-refractivity contribution < 1.29 is 4.79 Å². The van der Waals surface area contributed by atoms with E-state index in [9.17, 15) is 4.79 Å². The zero-order valence-corrected chi connectivity index (χ0v) is 8.29. The van der Waals surface area contributed by atoms with Crippen molar-refractivity contribution in [2.75, 3.05) is 13.1 Å². The van der Waals surface area contributed by atoms with Crippen LogP contribution in [-0.4, -0.2) is 39.1 Å². The number of carbonyl (C=O) groups excluding carboxylic acids is 1. The number of aromatic amines is 1. The Morgan fingerprint density at radius 2 is 2.21 bits per heavy atom. The predicted molar refractivity (Wildman–Crippen MR) is 50.9 cm³/mol. The number of aromatic nitrogens is 3. The summed E-state index contributed by atoms with van der Waals surface area (Å²) in [5, 5.41) is 6.66. The molecule has 76 valence electrons. The minimum atomic E-state index is -0.0431. The van der Waals surface area contributed by atoms with E-state index < -0.39 is 0 Å². The molecule has 0 unspecified atom stereocenters. The van der Waals surface area contributed by atoms with Crippen LogP contribution in [0.3, 0.4) is 0 Å². The van der Waals surface area contributed by atoms with Crippen molar-refractivity contribution in [2.24, 2.45) is 0 Å². The van der Waals surface area contributed by atoms with Crippen molar-refractivity contribution in [2.45, 2.75) is 26.2 Å². The number of likely N-dealkylation sites (tertiary alicyclic amines) is 1. The van der Waals surface area contributed by atoms with Gasteiger partial charge in [0.25, 0.3) is 5.91 Å². The largest absolute Gasteiger partial charge is 0.336 e.